The molecule has 7 nitrogen and oxygen atoms in total. The number of carbonyl (C=O) groups is 2. The van der Waals surface area contributed by atoms with Crippen LogP contribution in [0.5, 0.6) is 0 Å². The zero-order valence-corrected chi connectivity index (χ0v) is 12.7. The van der Waals surface area contributed by atoms with Gasteiger partial charge in [0.1, 0.15) is 5.82 Å². The van der Waals surface area contributed by atoms with E-state index in [4.69, 9.17) is 0 Å². The van der Waals surface area contributed by atoms with Gasteiger partial charge in [0.05, 0.1) is 6.61 Å². The van der Waals surface area contributed by atoms with Crippen LogP contribution in [0.15, 0.2) is 18.2 Å². The van der Waals surface area contributed by atoms with Crippen molar-refractivity contribution >= 4 is 17.8 Å². The Morgan fingerprint density at radius 3 is 2.43 bits per heavy atom. The first-order chi connectivity index (χ1) is 10.7. The normalized spacial score (nSPS) is 13.8. The molecule has 0 fully saturated rings. The molecule has 1 aromatic heterocycles. The first-order valence-electron chi connectivity index (χ1n) is 6.48. The van der Waals surface area contributed by atoms with E-state index in [9.17, 15) is 22.8 Å². The van der Waals surface area contributed by atoms with Crippen molar-refractivity contribution in [2.45, 2.75) is 25.7 Å². The SMILES string of the molecule is CCOC(=O)C(NC(=O)Nc1cccc(C)n1)(OC)C(F)(F)F. The number of halogens is 3. The number of hydrogen-bond acceptors (Lipinski definition) is 5. The van der Waals surface area contributed by atoms with E-state index in [2.05, 4.69) is 19.8 Å². The Kier molecular flexibility index (Phi) is 5.91. The summed E-state index contributed by atoms with van der Waals surface area (Å²) in [5, 5.41) is 3.55. The van der Waals surface area contributed by atoms with E-state index >= 15 is 0 Å². The first-order valence-corrected chi connectivity index (χ1v) is 6.48. The largest absolute Gasteiger partial charge is 0.462 e. The van der Waals surface area contributed by atoms with Crippen molar-refractivity contribution in [1.82, 2.24) is 10.3 Å². The summed E-state index contributed by atoms with van der Waals surface area (Å²) in [4.78, 5) is 27.4. The van der Waals surface area contributed by atoms with E-state index < -0.39 is 23.9 Å². The highest BCUT2D eigenvalue weighted by atomic mass is 19.4. The molecule has 0 spiro atoms. The van der Waals surface area contributed by atoms with Gasteiger partial charge in [-0.1, -0.05) is 6.07 Å². The van der Waals surface area contributed by atoms with E-state index in [0.29, 0.717) is 12.8 Å². The lowest BCUT2D eigenvalue weighted by molar-refractivity contribution is -0.276. The number of aromatic nitrogens is 1. The minimum atomic E-state index is -5.23. The molecule has 0 saturated heterocycles. The monoisotopic (exact) mass is 335 g/mol. The van der Waals surface area contributed by atoms with Crippen LogP contribution in [0, 0.1) is 6.92 Å². The van der Waals surface area contributed by atoms with Gasteiger partial charge >= 0.3 is 23.9 Å². The molecule has 0 aliphatic rings. The molecule has 128 valence electrons. The molecule has 1 heterocycles. The average Bonchev–Trinajstić information content (AvgIpc) is 2.43. The number of anilines is 1. The van der Waals surface area contributed by atoms with Gasteiger partial charge in [-0.05, 0) is 26.0 Å². The fourth-order valence-corrected chi connectivity index (χ4v) is 1.64. The third-order valence-electron chi connectivity index (χ3n) is 2.69. The highest BCUT2D eigenvalue weighted by molar-refractivity contribution is 5.93. The van der Waals surface area contributed by atoms with Gasteiger partial charge in [0, 0.05) is 12.8 Å². The molecule has 0 bridgehead atoms. The summed E-state index contributed by atoms with van der Waals surface area (Å²) in [7, 11) is 0.635. The topological polar surface area (TPSA) is 89.5 Å². The van der Waals surface area contributed by atoms with Crippen LogP contribution >= 0.6 is 0 Å². The summed E-state index contributed by atoms with van der Waals surface area (Å²) < 4.78 is 48.3. The lowest BCUT2D eigenvalue weighted by atomic mass is 10.2. The summed E-state index contributed by atoms with van der Waals surface area (Å²) in [6.07, 6.45) is -5.23. The first kappa shape index (κ1) is 18.7. The van der Waals surface area contributed by atoms with Crippen molar-refractivity contribution in [3.8, 4) is 0 Å². The summed E-state index contributed by atoms with van der Waals surface area (Å²) >= 11 is 0. The molecule has 0 aromatic carbocycles. The van der Waals surface area contributed by atoms with Crippen LogP contribution in [0.2, 0.25) is 0 Å². The van der Waals surface area contributed by atoms with E-state index in [1.54, 1.807) is 19.1 Å². The number of urea groups is 1. The fourth-order valence-electron chi connectivity index (χ4n) is 1.64. The number of carbonyl (C=O) groups excluding carboxylic acids is 2. The molecule has 2 N–H and O–H groups in total. The number of rotatable bonds is 5. The van der Waals surface area contributed by atoms with Crippen LogP contribution in [-0.2, 0) is 14.3 Å². The Morgan fingerprint density at radius 2 is 1.96 bits per heavy atom. The van der Waals surface area contributed by atoms with Gasteiger partial charge in [0.15, 0.2) is 0 Å². The lowest BCUT2D eigenvalue weighted by Crippen LogP contribution is -2.66. The number of ether oxygens (including phenoxy) is 2. The zero-order chi connectivity index (χ0) is 17.7. The Hall–Kier alpha value is -2.36. The van der Waals surface area contributed by atoms with Gasteiger partial charge in [0.2, 0.25) is 0 Å². The number of methoxy groups -OCH3 is 1. The molecule has 2 amide bonds. The molecule has 1 aromatic rings. The third-order valence-corrected chi connectivity index (χ3v) is 2.69. The van der Waals surface area contributed by atoms with Gasteiger partial charge in [-0.2, -0.15) is 13.2 Å². The van der Waals surface area contributed by atoms with Crippen molar-refractivity contribution < 1.29 is 32.2 Å². The number of alkyl halides is 3. The molecule has 1 rings (SSSR count). The Morgan fingerprint density at radius 1 is 1.30 bits per heavy atom. The summed E-state index contributed by atoms with van der Waals surface area (Å²) in [5.74, 6) is -1.76. The maximum Gasteiger partial charge on any atom is 0.448 e. The lowest BCUT2D eigenvalue weighted by Gasteiger charge is -2.32. The molecule has 1 atom stereocenters. The second-order valence-corrected chi connectivity index (χ2v) is 4.35. The number of nitrogens with one attached hydrogen (secondary N) is 2. The molecule has 1 unspecified atom stereocenters. The van der Waals surface area contributed by atoms with E-state index in [-0.39, 0.29) is 12.4 Å². The van der Waals surface area contributed by atoms with E-state index in [0.717, 1.165) is 0 Å². The zero-order valence-electron chi connectivity index (χ0n) is 12.7. The van der Waals surface area contributed by atoms with Crippen molar-refractivity contribution in [2.24, 2.45) is 0 Å². The number of nitrogens with zero attached hydrogens (tertiary/aromatic N) is 1. The fraction of sp³-hybridized carbons (Fsp3) is 0.462. The maximum absolute atomic E-state index is 13.2. The van der Waals surface area contributed by atoms with E-state index in [1.165, 1.54) is 18.3 Å². The van der Waals surface area contributed by atoms with Crippen molar-refractivity contribution in [3.05, 3.63) is 23.9 Å². The highest BCUT2D eigenvalue weighted by Crippen LogP contribution is 2.32. The molecule has 23 heavy (non-hydrogen) atoms. The molecular formula is C13H16F3N3O4. The summed E-state index contributed by atoms with van der Waals surface area (Å²) in [6.45, 7) is 2.64. The molecule has 0 saturated carbocycles. The van der Waals surface area contributed by atoms with Crippen LogP contribution in [0.3, 0.4) is 0 Å². The Bertz CT molecular complexity index is 580. The summed E-state index contributed by atoms with van der Waals surface area (Å²) in [5.41, 5.74) is -3.07. The maximum atomic E-state index is 13.2. The van der Waals surface area contributed by atoms with Crippen molar-refractivity contribution in [3.63, 3.8) is 0 Å². The van der Waals surface area contributed by atoms with Gasteiger partial charge in [0.25, 0.3) is 0 Å². The molecule has 0 aliphatic carbocycles. The average molecular weight is 335 g/mol. The van der Waals surface area contributed by atoms with Gasteiger partial charge < -0.3 is 9.47 Å². The van der Waals surface area contributed by atoms with Crippen molar-refractivity contribution in [1.29, 1.82) is 0 Å². The number of pyridine rings is 1. The second-order valence-electron chi connectivity index (χ2n) is 4.35. The van der Waals surface area contributed by atoms with Crippen molar-refractivity contribution in [2.75, 3.05) is 19.0 Å². The second kappa shape index (κ2) is 7.27. The molecule has 0 radical (unpaired) electrons. The molecular weight excluding hydrogens is 319 g/mol. The third kappa shape index (κ3) is 4.31. The minimum Gasteiger partial charge on any atom is -0.462 e. The van der Waals surface area contributed by atoms with Crippen LogP contribution in [0.4, 0.5) is 23.8 Å². The predicted octanol–water partition coefficient (Wildman–Crippen LogP) is 1.98. The predicted molar refractivity (Wildman–Crippen MR) is 73.6 cm³/mol. The van der Waals surface area contributed by atoms with Crippen LogP contribution in [0.25, 0.3) is 0 Å². The summed E-state index contributed by atoms with van der Waals surface area (Å²) in [6, 6.07) is 3.24. The molecule has 0 aliphatic heterocycles. The number of hydrogen-bond donors (Lipinski definition) is 2. The number of amides is 2. The molecule has 10 heteroatoms. The van der Waals surface area contributed by atoms with E-state index in [1.807, 2.05) is 0 Å². The standard InChI is InChI=1S/C13H16F3N3O4/c1-4-23-10(20)12(22-3,13(14,15)16)19-11(21)18-9-7-5-6-8(2)17-9/h5-7H,4H2,1-3H3,(H2,17,18,19,21). The van der Waals surface area contributed by atoms with Crippen LogP contribution in [-0.4, -0.2) is 42.6 Å². The smallest absolute Gasteiger partial charge is 0.448 e. The number of aryl methyl sites for hydroxylation is 1. The number of esters is 1. The van der Waals surface area contributed by atoms with Gasteiger partial charge in [-0.25, -0.2) is 14.6 Å². The Balaban J connectivity index is 3.00. The van der Waals surface area contributed by atoms with Crippen LogP contribution in [0.1, 0.15) is 12.6 Å². The van der Waals surface area contributed by atoms with Gasteiger partial charge in [-0.15, -0.1) is 0 Å². The quantitative estimate of drug-likeness (QED) is 0.634. The van der Waals surface area contributed by atoms with Gasteiger partial charge in [-0.3, -0.25) is 10.6 Å². The Labute approximate surface area is 130 Å². The highest BCUT2D eigenvalue weighted by Gasteiger charge is 2.64. The van der Waals surface area contributed by atoms with Crippen LogP contribution < -0.4 is 10.6 Å². The minimum absolute atomic E-state index is 0.0125.